The fourth-order valence-electron chi connectivity index (χ4n) is 1.60. The van der Waals surface area contributed by atoms with Gasteiger partial charge in [-0.05, 0) is 53.6 Å². The molecule has 0 aliphatic heterocycles. The zero-order chi connectivity index (χ0) is 12.5. The summed E-state index contributed by atoms with van der Waals surface area (Å²) in [6.45, 7) is 0.587. The van der Waals surface area contributed by atoms with E-state index < -0.39 is 0 Å². The molecule has 0 bridgehead atoms. The van der Waals surface area contributed by atoms with Gasteiger partial charge in [0.15, 0.2) is 0 Å². The molecule has 2 rings (SSSR count). The topological polar surface area (TPSA) is 49.3 Å². The van der Waals surface area contributed by atoms with Gasteiger partial charge >= 0.3 is 0 Å². The minimum atomic E-state index is -0.347. The highest BCUT2D eigenvalue weighted by molar-refractivity contribution is 14.1. The molecule has 5 heteroatoms. The Balaban J connectivity index is 2.00. The molecule has 0 atom stereocenters. The molecule has 1 saturated carbocycles. The Morgan fingerprint density at radius 3 is 2.76 bits per heavy atom. The van der Waals surface area contributed by atoms with Crippen molar-refractivity contribution in [2.45, 2.75) is 12.8 Å². The molecule has 0 aromatic heterocycles. The standard InChI is InChI=1S/C12H13FINO2/c13-8-1-2-9(10(14)5-8)11(17)15-6-12(7-16)3-4-12/h1-2,5,16H,3-4,6-7H2,(H,15,17). The SMILES string of the molecule is O=C(NCC1(CO)CC1)c1ccc(F)cc1I. The van der Waals surface area contributed by atoms with Crippen molar-refractivity contribution in [3.05, 3.63) is 33.1 Å². The lowest BCUT2D eigenvalue weighted by Crippen LogP contribution is -2.32. The molecule has 1 aliphatic rings. The van der Waals surface area contributed by atoms with Crippen LogP contribution in [-0.4, -0.2) is 24.2 Å². The summed E-state index contributed by atoms with van der Waals surface area (Å²) in [7, 11) is 0. The van der Waals surface area contributed by atoms with E-state index in [1.54, 1.807) is 0 Å². The number of hydrogen-bond acceptors (Lipinski definition) is 2. The fraction of sp³-hybridized carbons (Fsp3) is 0.417. The second kappa shape index (κ2) is 4.89. The second-order valence-electron chi connectivity index (χ2n) is 4.46. The van der Waals surface area contributed by atoms with E-state index in [9.17, 15) is 9.18 Å². The van der Waals surface area contributed by atoms with E-state index in [1.807, 2.05) is 22.6 Å². The van der Waals surface area contributed by atoms with Crippen LogP contribution in [0.15, 0.2) is 18.2 Å². The molecule has 0 saturated heterocycles. The molecule has 1 aromatic rings. The molecule has 1 fully saturated rings. The summed E-state index contributed by atoms with van der Waals surface area (Å²) in [6, 6.07) is 4.08. The third-order valence-corrected chi connectivity index (χ3v) is 3.98. The summed E-state index contributed by atoms with van der Waals surface area (Å²) >= 11 is 1.94. The first-order valence-electron chi connectivity index (χ1n) is 5.40. The van der Waals surface area contributed by atoms with Crippen LogP contribution in [0.25, 0.3) is 0 Å². The smallest absolute Gasteiger partial charge is 0.252 e. The number of nitrogens with one attached hydrogen (secondary N) is 1. The van der Waals surface area contributed by atoms with Gasteiger partial charge in [0.2, 0.25) is 0 Å². The van der Waals surface area contributed by atoms with Crippen molar-refractivity contribution in [2.75, 3.05) is 13.2 Å². The van der Waals surface area contributed by atoms with Crippen LogP contribution >= 0.6 is 22.6 Å². The Morgan fingerprint density at radius 1 is 1.53 bits per heavy atom. The highest BCUT2D eigenvalue weighted by atomic mass is 127. The van der Waals surface area contributed by atoms with Crippen molar-refractivity contribution in [3.8, 4) is 0 Å². The van der Waals surface area contributed by atoms with E-state index in [4.69, 9.17) is 5.11 Å². The first-order chi connectivity index (χ1) is 8.06. The van der Waals surface area contributed by atoms with E-state index in [0.29, 0.717) is 15.7 Å². The normalized spacial score (nSPS) is 16.6. The number of benzene rings is 1. The highest BCUT2D eigenvalue weighted by Gasteiger charge is 2.42. The molecule has 3 nitrogen and oxygen atoms in total. The summed E-state index contributed by atoms with van der Waals surface area (Å²) in [4.78, 5) is 11.8. The van der Waals surface area contributed by atoms with Crippen LogP contribution in [0.4, 0.5) is 4.39 Å². The van der Waals surface area contributed by atoms with Crippen LogP contribution < -0.4 is 5.32 Å². The van der Waals surface area contributed by atoms with Crippen molar-refractivity contribution < 1.29 is 14.3 Å². The quantitative estimate of drug-likeness (QED) is 0.817. The predicted molar refractivity (Wildman–Crippen MR) is 70.2 cm³/mol. The Kier molecular flexibility index (Phi) is 3.67. The number of amides is 1. The van der Waals surface area contributed by atoms with Gasteiger partial charge in [-0.25, -0.2) is 4.39 Å². The number of aliphatic hydroxyl groups excluding tert-OH is 1. The van der Waals surface area contributed by atoms with Gasteiger partial charge in [0.1, 0.15) is 5.82 Å². The van der Waals surface area contributed by atoms with Gasteiger partial charge in [-0.3, -0.25) is 4.79 Å². The lowest BCUT2D eigenvalue weighted by molar-refractivity contribution is 0.0934. The van der Waals surface area contributed by atoms with Crippen LogP contribution in [0.1, 0.15) is 23.2 Å². The first kappa shape index (κ1) is 12.8. The van der Waals surface area contributed by atoms with Crippen LogP contribution in [0, 0.1) is 14.8 Å². The van der Waals surface area contributed by atoms with E-state index in [2.05, 4.69) is 5.32 Å². The van der Waals surface area contributed by atoms with E-state index in [1.165, 1.54) is 18.2 Å². The molecule has 1 amide bonds. The third-order valence-electron chi connectivity index (χ3n) is 3.09. The molecule has 0 spiro atoms. The van der Waals surface area contributed by atoms with Crippen molar-refractivity contribution >= 4 is 28.5 Å². The Labute approximate surface area is 113 Å². The molecule has 0 radical (unpaired) electrons. The summed E-state index contributed by atoms with van der Waals surface area (Å²) < 4.78 is 13.5. The van der Waals surface area contributed by atoms with Crippen molar-refractivity contribution in [1.82, 2.24) is 5.32 Å². The summed E-state index contributed by atoms with van der Waals surface area (Å²) in [5, 5.41) is 11.9. The number of rotatable bonds is 4. The van der Waals surface area contributed by atoms with E-state index >= 15 is 0 Å². The third kappa shape index (κ3) is 2.95. The molecular formula is C12H13FINO2. The van der Waals surface area contributed by atoms with Crippen molar-refractivity contribution in [3.63, 3.8) is 0 Å². The lowest BCUT2D eigenvalue weighted by Gasteiger charge is -2.13. The minimum Gasteiger partial charge on any atom is -0.396 e. The fourth-order valence-corrected chi connectivity index (χ4v) is 2.33. The Bertz CT molecular complexity index is 446. The minimum absolute atomic E-state index is 0.105. The predicted octanol–water partition coefficient (Wildman–Crippen LogP) is 1.93. The molecule has 0 heterocycles. The molecule has 0 unspecified atom stereocenters. The molecule has 1 aromatic carbocycles. The number of hydrogen-bond donors (Lipinski definition) is 2. The van der Waals surface area contributed by atoms with Gasteiger partial charge in [-0.2, -0.15) is 0 Å². The zero-order valence-electron chi connectivity index (χ0n) is 9.17. The molecule has 92 valence electrons. The van der Waals surface area contributed by atoms with Crippen LogP contribution in [0.2, 0.25) is 0 Å². The van der Waals surface area contributed by atoms with E-state index in [-0.39, 0.29) is 23.7 Å². The zero-order valence-corrected chi connectivity index (χ0v) is 11.3. The second-order valence-corrected chi connectivity index (χ2v) is 5.63. The molecule has 2 N–H and O–H groups in total. The maximum atomic E-state index is 12.9. The van der Waals surface area contributed by atoms with Gasteiger partial charge in [0.05, 0.1) is 12.2 Å². The number of aliphatic hydroxyl groups is 1. The van der Waals surface area contributed by atoms with Gasteiger partial charge in [0, 0.05) is 15.5 Å². The maximum absolute atomic E-state index is 12.9. The molecular weight excluding hydrogens is 336 g/mol. The van der Waals surface area contributed by atoms with Crippen molar-refractivity contribution in [1.29, 1.82) is 0 Å². The first-order valence-corrected chi connectivity index (χ1v) is 6.48. The number of halogens is 2. The van der Waals surface area contributed by atoms with Gasteiger partial charge < -0.3 is 10.4 Å². The number of carbonyl (C=O) groups excluding carboxylic acids is 1. The average Bonchev–Trinajstić information content (AvgIpc) is 3.07. The summed E-state index contributed by atoms with van der Waals surface area (Å²) in [5.74, 6) is -0.561. The van der Waals surface area contributed by atoms with E-state index in [0.717, 1.165) is 12.8 Å². The highest BCUT2D eigenvalue weighted by Crippen LogP contribution is 2.44. The van der Waals surface area contributed by atoms with Gasteiger partial charge in [-0.15, -0.1) is 0 Å². The Hall–Kier alpha value is -0.690. The largest absolute Gasteiger partial charge is 0.396 e. The van der Waals surface area contributed by atoms with Crippen LogP contribution in [0.3, 0.4) is 0 Å². The molecule has 17 heavy (non-hydrogen) atoms. The maximum Gasteiger partial charge on any atom is 0.252 e. The Morgan fingerprint density at radius 2 is 2.24 bits per heavy atom. The lowest BCUT2D eigenvalue weighted by atomic mass is 10.1. The average molecular weight is 349 g/mol. The van der Waals surface area contributed by atoms with Gasteiger partial charge in [0.25, 0.3) is 5.91 Å². The van der Waals surface area contributed by atoms with Crippen LogP contribution in [0.5, 0.6) is 0 Å². The van der Waals surface area contributed by atoms with Crippen LogP contribution in [-0.2, 0) is 0 Å². The summed E-state index contributed by atoms with van der Waals surface area (Å²) in [6.07, 6.45) is 1.90. The van der Waals surface area contributed by atoms with Gasteiger partial charge in [-0.1, -0.05) is 0 Å². The van der Waals surface area contributed by atoms with Crippen molar-refractivity contribution in [2.24, 2.45) is 5.41 Å². The monoisotopic (exact) mass is 349 g/mol. The molecule has 1 aliphatic carbocycles. The number of carbonyl (C=O) groups is 1. The summed E-state index contributed by atoms with van der Waals surface area (Å²) in [5.41, 5.74) is 0.363.